The Morgan fingerprint density at radius 1 is 1.23 bits per heavy atom. The van der Waals surface area contributed by atoms with E-state index < -0.39 is 5.25 Å². The predicted molar refractivity (Wildman–Crippen MR) is 126 cm³/mol. The van der Waals surface area contributed by atoms with E-state index in [1.165, 1.54) is 23.5 Å². The number of thiophene rings is 1. The van der Waals surface area contributed by atoms with Crippen LogP contribution in [0.2, 0.25) is 10.0 Å². The van der Waals surface area contributed by atoms with E-state index in [1.807, 2.05) is 5.38 Å². The Morgan fingerprint density at radius 3 is 2.71 bits per heavy atom. The smallest absolute Gasteiger partial charge is 0.260 e. The molecule has 1 atom stereocenters. The van der Waals surface area contributed by atoms with Gasteiger partial charge in [-0.2, -0.15) is 0 Å². The van der Waals surface area contributed by atoms with E-state index in [1.54, 1.807) is 37.3 Å². The Balaban J connectivity index is 1.56. The number of carbonyl (C=O) groups is 1. The minimum absolute atomic E-state index is 0.259. The third kappa shape index (κ3) is 4.62. The van der Waals surface area contributed by atoms with E-state index in [9.17, 15) is 14.0 Å². The first-order chi connectivity index (χ1) is 14.8. The number of hydrogen-bond acceptors (Lipinski definition) is 5. The van der Waals surface area contributed by atoms with E-state index in [2.05, 4.69) is 15.3 Å². The van der Waals surface area contributed by atoms with E-state index in [4.69, 9.17) is 23.2 Å². The SMILES string of the molecule is CC(Sc1nc2scc(-c3ccc(F)cc3)c2c(=O)[nH]1)C(=O)Nc1cccc(Cl)c1Cl. The van der Waals surface area contributed by atoms with Gasteiger partial charge in [-0.15, -0.1) is 11.3 Å². The lowest BCUT2D eigenvalue weighted by atomic mass is 10.1. The zero-order chi connectivity index (χ0) is 22.1. The molecule has 0 saturated carbocycles. The summed E-state index contributed by atoms with van der Waals surface area (Å²) in [6.45, 7) is 1.70. The molecule has 1 amide bonds. The van der Waals surface area contributed by atoms with Gasteiger partial charge in [0.25, 0.3) is 5.56 Å². The largest absolute Gasteiger partial charge is 0.324 e. The number of carbonyl (C=O) groups excluding carboxylic acids is 1. The molecule has 31 heavy (non-hydrogen) atoms. The number of nitrogens with zero attached hydrogens (tertiary/aromatic N) is 1. The second-order valence-corrected chi connectivity index (χ2v) is 9.53. The number of fused-ring (bicyclic) bond motifs is 1. The highest BCUT2D eigenvalue weighted by atomic mass is 35.5. The number of hydrogen-bond donors (Lipinski definition) is 2. The maximum Gasteiger partial charge on any atom is 0.260 e. The fraction of sp³-hybridized carbons (Fsp3) is 0.0952. The molecule has 10 heteroatoms. The molecular formula is C21H14Cl2FN3O2S2. The van der Waals surface area contributed by atoms with Crippen LogP contribution in [0.5, 0.6) is 0 Å². The van der Waals surface area contributed by atoms with Gasteiger partial charge in [-0.05, 0) is 36.8 Å². The lowest BCUT2D eigenvalue weighted by molar-refractivity contribution is -0.115. The summed E-state index contributed by atoms with van der Waals surface area (Å²) in [4.78, 5) is 33.1. The van der Waals surface area contributed by atoms with Crippen LogP contribution in [0, 0.1) is 5.82 Å². The number of anilines is 1. The van der Waals surface area contributed by atoms with Crippen LogP contribution in [0.4, 0.5) is 10.1 Å². The average molecular weight is 494 g/mol. The molecule has 4 rings (SSSR count). The highest BCUT2D eigenvalue weighted by Gasteiger charge is 2.19. The van der Waals surface area contributed by atoms with Crippen LogP contribution < -0.4 is 10.9 Å². The fourth-order valence-electron chi connectivity index (χ4n) is 2.88. The lowest BCUT2D eigenvalue weighted by Gasteiger charge is -2.13. The van der Waals surface area contributed by atoms with Crippen molar-refractivity contribution in [2.24, 2.45) is 0 Å². The third-order valence-corrected chi connectivity index (χ3v) is 7.12. The molecule has 2 aromatic heterocycles. The first-order valence-corrected chi connectivity index (χ1v) is 11.5. The minimum atomic E-state index is -0.563. The number of benzene rings is 2. The summed E-state index contributed by atoms with van der Waals surface area (Å²) in [6.07, 6.45) is 0. The van der Waals surface area contributed by atoms with Crippen molar-refractivity contribution in [3.63, 3.8) is 0 Å². The van der Waals surface area contributed by atoms with Gasteiger partial charge in [0, 0.05) is 10.9 Å². The molecule has 158 valence electrons. The van der Waals surface area contributed by atoms with Gasteiger partial charge in [0.2, 0.25) is 5.91 Å². The van der Waals surface area contributed by atoms with Gasteiger partial charge >= 0.3 is 0 Å². The number of amides is 1. The molecule has 2 aromatic carbocycles. The lowest BCUT2D eigenvalue weighted by Crippen LogP contribution is -2.23. The van der Waals surface area contributed by atoms with Gasteiger partial charge in [0.05, 0.1) is 26.4 Å². The third-order valence-electron chi connectivity index (χ3n) is 4.44. The Kier molecular flexibility index (Phi) is 6.34. The number of nitrogens with one attached hydrogen (secondary N) is 2. The molecule has 5 nitrogen and oxygen atoms in total. The maximum atomic E-state index is 13.2. The molecule has 4 aromatic rings. The highest BCUT2D eigenvalue weighted by Crippen LogP contribution is 2.33. The van der Waals surface area contributed by atoms with Crippen LogP contribution in [0.3, 0.4) is 0 Å². The molecule has 2 heterocycles. The molecule has 0 aliphatic rings. The van der Waals surface area contributed by atoms with Crippen molar-refractivity contribution in [2.45, 2.75) is 17.3 Å². The Labute approximate surface area is 194 Å². The predicted octanol–water partition coefficient (Wildman–Crippen LogP) is 6.22. The van der Waals surface area contributed by atoms with Crippen LogP contribution in [0.1, 0.15) is 6.92 Å². The van der Waals surface area contributed by atoms with Gasteiger partial charge in [0.15, 0.2) is 5.16 Å². The normalized spacial score (nSPS) is 12.1. The molecule has 1 unspecified atom stereocenters. The van der Waals surface area contributed by atoms with Gasteiger partial charge in [-0.1, -0.05) is 53.2 Å². The number of aromatic amines is 1. The van der Waals surface area contributed by atoms with E-state index in [0.29, 0.717) is 31.6 Å². The van der Waals surface area contributed by atoms with Crippen LogP contribution in [0.25, 0.3) is 21.3 Å². The zero-order valence-electron chi connectivity index (χ0n) is 15.9. The maximum absolute atomic E-state index is 13.2. The summed E-state index contributed by atoms with van der Waals surface area (Å²) in [7, 11) is 0. The number of rotatable bonds is 5. The second-order valence-electron chi connectivity index (χ2n) is 6.56. The number of halogens is 3. The molecular weight excluding hydrogens is 480 g/mol. The first kappa shape index (κ1) is 21.8. The van der Waals surface area contributed by atoms with Crippen molar-refractivity contribution in [3.05, 3.63) is 74.1 Å². The highest BCUT2D eigenvalue weighted by molar-refractivity contribution is 8.00. The molecule has 2 N–H and O–H groups in total. The molecule has 0 spiro atoms. The van der Waals surface area contributed by atoms with E-state index in [0.717, 1.165) is 17.3 Å². The van der Waals surface area contributed by atoms with Crippen molar-refractivity contribution in [3.8, 4) is 11.1 Å². The van der Waals surface area contributed by atoms with Crippen LogP contribution in [0.15, 0.2) is 57.8 Å². The van der Waals surface area contributed by atoms with Crippen molar-refractivity contribution in [1.29, 1.82) is 0 Å². The van der Waals surface area contributed by atoms with Crippen molar-refractivity contribution in [1.82, 2.24) is 9.97 Å². The van der Waals surface area contributed by atoms with Crippen LogP contribution in [-0.2, 0) is 4.79 Å². The number of thioether (sulfide) groups is 1. The first-order valence-electron chi connectivity index (χ1n) is 9.02. The van der Waals surface area contributed by atoms with Crippen molar-refractivity contribution >= 4 is 68.1 Å². The van der Waals surface area contributed by atoms with Gasteiger partial charge < -0.3 is 10.3 Å². The monoisotopic (exact) mass is 493 g/mol. The van der Waals surface area contributed by atoms with E-state index in [-0.39, 0.29) is 22.3 Å². The van der Waals surface area contributed by atoms with Gasteiger partial charge in [0.1, 0.15) is 10.6 Å². The Bertz CT molecular complexity index is 1340. The van der Waals surface area contributed by atoms with Gasteiger partial charge in [-0.3, -0.25) is 9.59 Å². The molecule has 0 bridgehead atoms. The average Bonchev–Trinajstić information content (AvgIpc) is 3.16. The molecule has 0 aliphatic carbocycles. The molecule has 0 saturated heterocycles. The summed E-state index contributed by atoms with van der Waals surface area (Å²) >= 11 is 14.5. The molecule has 0 fully saturated rings. The van der Waals surface area contributed by atoms with Crippen molar-refractivity contribution < 1.29 is 9.18 Å². The topological polar surface area (TPSA) is 74.8 Å². The van der Waals surface area contributed by atoms with Gasteiger partial charge in [-0.25, -0.2) is 9.37 Å². The Hall–Kier alpha value is -2.39. The fourth-order valence-corrected chi connectivity index (χ4v) is 5.03. The zero-order valence-corrected chi connectivity index (χ0v) is 19.1. The summed E-state index contributed by atoms with van der Waals surface area (Å²) < 4.78 is 13.2. The summed E-state index contributed by atoms with van der Waals surface area (Å²) in [5.74, 6) is -0.657. The molecule has 0 aliphatic heterocycles. The summed E-state index contributed by atoms with van der Waals surface area (Å²) in [5, 5.41) is 5.33. The van der Waals surface area contributed by atoms with E-state index >= 15 is 0 Å². The molecule has 0 radical (unpaired) electrons. The quantitative estimate of drug-likeness (QED) is 0.255. The second kappa shape index (κ2) is 9.00. The number of aromatic nitrogens is 2. The number of H-pyrrole nitrogens is 1. The van der Waals surface area contributed by atoms with Crippen LogP contribution >= 0.6 is 46.3 Å². The summed E-state index contributed by atoms with van der Waals surface area (Å²) in [6, 6.07) is 10.9. The summed E-state index contributed by atoms with van der Waals surface area (Å²) in [5.41, 5.74) is 1.50. The Morgan fingerprint density at radius 2 is 1.97 bits per heavy atom. The minimum Gasteiger partial charge on any atom is -0.324 e. The van der Waals surface area contributed by atoms with Crippen LogP contribution in [-0.4, -0.2) is 21.1 Å². The standard InChI is InChI=1S/C21H14Cl2FN3O2S2/c1-10(18(28)25-15-4-2-3-14(22)17(15)23)31-21-26-19(29)16-13(9-30-20(16)27-21)11-5-7-12(24)8-6-11/h2-10H,1H3,(H,25,28)(H,26,27,29). The van der Waals surface area contributed by atoms with Crippen molar-refractivity contribution in [2.75, 3.05) is 5.32 Å².